The monoisotopic (exact) mass is 224 g/mol. The van der Waals surface area contributed by atoms with Gasteiger partial charge in [-0.05, 0) is 32.6 Å². The van der Waals surface area contributed by atoms with Crippen LogP contribution in [0.15, 0.2) is 24.3 Å². The molecule has 0 aliphatic carbocycles. The molecule has 0 aromatic rings. The van der Waals surface area contributed by atoms with Gasteiger partial charge < -0.3 is 5.11 Å². The van der Waals surface area contributed by atoms with Crippen molar-refractivity contribution in [2.75, 3.05) is 0 Å². The van der Waals surface area contributed by atoms with E-state index in [1.165, 1.54) is 38.2 Å². The maximum Gasteiger partial charge on any atom is 0.328 e. The number of carboxylic acids is 1. The number of aliphatic carboxylic acids is 1. The Labute approximate surface area is 99.1 Å². The quantitative estimate of drug-likeness (QED) is 0.341. The van der Waals surface area contributed by atoms with Crippen LogP contribution in [0.5, 0.6) is 0 Å². The molecule has 92 valence electrons. The van der Waals surface area contributed by atoms with Crippen LogP contribution in [0, 0.1) is 0 Å². The Morgan fingerprint density at radius 2 is 1.69 bits per heavy atom. The summed E-state index contributed by atoms with van der Waals surface area (Å²) in [6, 6.07) is 0. The van der Waals surface area contributed by atoms with Gasteiger partial charge in [-0.3, -0.25) is 0 Å². The molecule has 0 bridgehead atoms. The standard InChI is InChI=1S/C14H24O2/c1-3-4-5-6-7-8-9-10-11-13(2)12-14(15)16/h3,12H,1,4-11H2,2H3,(H,15,16)/b13-12+. The molecule has 0 fully saturated rings. The Bertz CT molecular complexity index is 229. The summed E-state index contributed by atoms with van der Waals surface area (Å²) in [7, 11) is 0. The highest BCUT2D eigenvalue weighted by Gasteiger charge is 1.95. The normalized spacial score (nSPS) is 11.4. The second-order valence-electron chi connectivity index (χ2n) is 4.28. The van der Waals surface area contributed by atoms with Gasteiger partial charge in [0.25, 0.3) is 0 Å². The zero-order valence-electron chi connectivity index (χ0n) is 10.4. The fourth-order valence-corrected chi connectivity index (χ4v) is 1.68. The van der Waals surface area contributed by atoms with Crippen LogP contribution < -0.4 is 0 Å². The summed E-state index contributed by atoms with van der Waals surface area (Å²) in [5.74, 6) is -0.832. The lowest BCUT2D eigenvalue weighted by atomic mass is 10.1. The fraction of sp³-hybridized carbons (Fsp3) is 0.643. The van der Waals surface area contributed by atoms with Crippen molar-refractivity contribution in [1.82, 2.24) is 0 Å². The van der Waals surface area contributed by atoms with E-state index in [0.29, 0.717) is 0 Å². The van der Waals surface area contributed by atoms with Gasteiger partial charge >= 0.3 is 5.97 Å². The van der Waals surface area contributed by atoms with Crippen LogP contribution in [0.3, 0.4) is 0 Å². The minimum Gasteiger partial charge on any atom is -0.478 e. The molecular formula is C14H24O2. The lowest BCUT2D eigenvalue weighted by Crippen LogP contribution is -1.90. The van der Waals surface area contributed by atoms with Crippen molar-refractivity contribution in [1.29, 1.82) is 0 Å². The van der Waals surface area contributed by atoms with Crippen LogP contribution in [-0.2, 0) is 4.79 Å². The third kappa shape index (κ3) is 11.0. The first-order valence-electron chi connectivity index (χ1n) is 6.18. The molecule has 2 nitrogen and oxygen atoms in total. The average Bonchev–Trinajstić information content (AvgIpc) is 2.21. The summed E-state index contributed by atoms with van der Waals surface area (Å²) in [4.78, 5) is 10.4. The molecule has 0 aliphatic rings. The molecule has 0 heterocycles. The minimum absolute atomic E-state index is 0.832. The van der Waals surface area contributed by atoms with Gasteiger partial charge in [0, 0.05) is 6.08 Å². The Balaban J connectivity index is 3.27. The van der Waals surface area contributed by atoms with Gasteiger partial charge in [-0.2, -0.15) is 0 Å². The average molecular weight is 224 g/mol. The van der Waals surface area contributed by atoms with Gasteiger partial charge in [0.2, 0.25) is 0 Å². The summed E-state index contributed by atoms with van der Waals surface area (Å²) in [6.07, 6.45) is 12.7. The smallest absolute Gasteiger partial charge is 0.328 e. The van der Waals surface area contributed by atoms with Crippen LogP contribution in [0.2, 0.25) is 0 Å². The van der Waals surface area contributed by atoms with Crippen molar-refractivity contribution in [2.24, 2.45) is 0 Å². The van der Waals surface area contributed by atoms with Crippen molar-refractivity contribution >= 4 is 5.97 Å². The van der Waals surface area contributed by atoms with Gasteiger partial charge in [0.1, 0.15) is 0 Å². The van der Waals surface area contributed by atoms with Crippen molar-refractivity contribution in [3.05, 3.63) is 24.3 Å². The SMILES string of the molecule is C=CCCCCCCCC/C(C)=C/C(=O)O. The summed E-state index contributed by atoms with van der Waals surface area (Å²) in [5, 5.41) is 8.52. The lowest BCUT2D eigenvalue weighted by molar-refractivity contribution is -0.131. The Morgan fingerprint density at radius 3 is 2.25 bits per heavy atom. The second kappa shape index (κ2) is 10.5. The van der Waals surface area contributed by atoms with Crippen LogP contribution in [0.25, 0.3) is 0 Å². The highest BCUT2D eigenvalue weighted by atomic mass is 16.4. The highest BCUT2D eigenvalue weighted by Crippen LogP contribution is 2.11. The third-order valence-electron chi connectivity index (χ3n) is 2.60. The number of hydrogen-bond acceptors (Lipinski definition) is 1. The highest BCUT2D eigenvalue weighted by molar-refractivity contribution is 5.80. The molecule has 0 aliphatic heterocycles. The van der Waals surface area contributed by atoms with Crippen molar-refractivity contribution < 1.29 is 9.90 Å². The number of allylic oxidation sites excluding steroid dienone is 2. The number of hydrogen-bond donors (Lipinski definition) is 1. The van der Waals surface area contributed by atoms with Crippen LogP contribution >= 0.6 is 0 Å². The number of unbranched alkanes of at least 4 members (excludes halogenated alkanes) is 6. The van der Waals surface area contributed by atoms with Crippen LogP contribution in [0.4, 0.5) is 0 Å². The molecule has 0 saturated carbocycles. The van der Waals surface area contributed by atoms with Gasteiger partial charge in [0.15, 0.2) is 0 Å². The van der Waals surface area contributed by atoms with Crippen molar-refractivity contribution in [3.8, 4) is 0 Å². The summed E-state index contributed by atoms with van der Waals surface area (Å²) < 4.78 is 0. The molecule has 1 N–H and O–H groups in total. The number of rotatable bonds is 10. The molecule has 0 unspecified atom stereocenters. The maximum absolute atomic E-state index is 10.4. The predicted molar refractivity (Wildman–Crippen MR) is 68.5 cm³/mol. The van der Waals surface area contributed by atoms with E-state index >= 15 is 0 Å². The first kappa shape index (κ1) is 14.9. The molecule has 0 aromatic carbocycles. The zero-order valence-corrected chi connectivity index (χ0v) is 10.4. The minimum atomic E-state index is -0.832. The summed E-state index contributed by atoms with van der Waals surface area (Å²) in [5.41, 5.74) is 0.971. The summed E-state index contributed by atoms with van der Waals surface area (Å²) >= 11 is 0. The summed E-state index contributed by atoms with van der Waals surface area (Å²) in [6.45, 7) is 5.58. The largest absolute Gasteiger partial charge is 0.478 e. The molecule has 0 radical (unpaired) electrons. The van der Waals surface area contributed by atoms with Gasteiger partial charge in [0.05, 0.1) is 0 Å². The van der Waals surface area contributed by atoms with E-state index in [1.807, 2.05) is 13.0 Å². The molecule has 0 rings (SSSR count). The van der Waals surface area contributed by atoms with E-state index in [4.69, 9.17) is 5.11 Å². The molecule has 2 heteroatoms. The molecule has 0 aromatic heterocycles. The number of carboxylic acid groups (broad SMARTS) is 1. The van der Waals surface area contributed by atoms with Crippen LogP contribution in [-0.4, -0.2) is 11.1 Å². The van der Waals surface area contributed by atoms with Gasteiger partial charge in [-0.25, -0.2) is 4.79 Å². The molecule has 0 spiro atoms. The van der Waals surface area contributed by atoms with Crippen LogP contribution in [0.1, 0.15) is 58.3 Å². The van der Waals surface area contributed by atoms with E-state index in [9.17, 15) is 4.79 Å². The fourth-order valence-electron chi connectivity index (χ4n) is 1.68. The lowest BCUT2D eigenvalue weighted by Gasteiger charge is -2.01. The van der Waals surface area contributed by atoms with Gasteiger partial charge in [-0.1, -0.05) is 37.3 Å². The second-order valence-corrected chi connectivity index (χ2v) is 4.28. The molecular weight excluding hydrogens is 200 g/mol. The van der Waals surface area contributed by atoms with E-state index in [2.05, 4.69) is 6.58 Å². The number of carbonyl (C=O) groups is 1. The van der Waals surface area contributed by atoms with E-state index in [-0.39, 0.29) is 0 Å². The first-order valence-corrected chi connectivity index (χ1v) is 6.18. The maximum atomic E-state index is 10.4. The topological polar surface area (TPSA) is 37.3 Å². The molecule has 0 atom stereocenters. The molecule has 16 heavy (non-hydrogen) atoms. The van der Waals surface area contributed by atoms with E-state index < -0.39 is 5.97 Å². The third-order valence-corrected chi connectivity index (χ3v) is 2.60. The molecule has 0 saturated heterocycles. The zero-order chi connectivity index (χ0) is 12.2. The first-order chi connectivity index (χ1) is 7.66. The van der Waals surface area contributed by atoms with E-state index in [0.717, 1.165) is 24.8 Å². The predicted octanol–water partition coefficient (Wildman–Crippen LogP) is 4.32. The van der Waals surface area contributed by atoms with E-state index in [1.54, 1.807) is 0 Å². The van der Waals surface area contributed by atoms with Crippen molar-refractivity contribution in [2.45, 2.75) is 58.3 Å². The van der Waals surface area contributed by atoms with Gasteiger partial charge in [-0.15, -0.1) is 6.58 Å². The molecule has 0 amide bonds. The Morgan fingerprint density at radius 1 is 1.12 bits per heavy atom. The Kier molecular flexibility index (Phi) is 9.78. The Hall–Kier alpha value is -1.05. The van der Waals surface area contributed by atoms with Crippen molar-refractivity contribution in [3.63, 3.8) is 0 Å².